The maximum atomic E-state index is 12.5. The van der Waals surface area contributed by atoms with Gasteiger partial charge in [-0.05, 0) is 50.8 Å². The van der Waals surface area contributed by atoms with Gasteiger partial charge >= 0.3 is 6.03 Å². The van der Waals surface area contributed by atoms with Gasteiger partial charge in [0.25, 0.3) is 5.91 Å². The molecule has 0 aromatic heterocycles. The van der Waals surface area contributed by atoms with Crippen LogP contribution in [0.15, 0.2) is 18.2 Å². The van der Waals surface area contributed by atoms with Crippen LogP contribution in [0.4, 0.5) is 4.79 Å². The summed E-state index contributed by atoms with van der Waals surface area (Å²) in [4.78, 5) is 30.6. The SMILES string of the molecule is CCN1C(=O)C2CC3(CCN(Cc4cccc(OC)c4OC)CC3)CN2C1=O. The van der Waals surface area contributed by atoms with E-state index in [-0.39, 0.29) is 23.4 Å². The average Bonchev–Trinajstić information content (AvgIpc) is 3.18. The number of likely N-dealkylation sites (N-methyl/N-ethyl adjacent to an activating group) is 1. The summed E-state index contributed by atoms with van der Waals surface area (Å²) >= 11 is 0. The van der Waals surface area contributed by atoms with E-state index < -0.39 is 0 Å². The van der Waals surface area contributed by atoms with Crippen LogP contribution in [0.2, 0.25) is 0 Å². The number of likely N-dealkylation sites (tertiary alicyclic amines) is 1. The second kappa shape index (κ2) is 7.28. The van der Waals surface area contributed by atoms with Gasteiger partial charge in [-0.2, -0.15) is 0 Å². The first kappa shape index (κ1) is 19.1. The van der Waals surface area contributed by atoms with Gasteiger partial charge in [0, 0.05) is 25.2 Å². The Kier molecular flexibility index (Phi) is 4.95. The predicted octanol–water partition coefficient (Wildman–Crippen LogP) is 2.34. The molecule has 152 valence electrons. The van der Waals surface area contributed by atoms with Crippen molar-refractivity contribution in [2.75, 3.05) is 40.4 Å². The number of nitrogens with zero attached hydrogens (tertiary/aromatic N) is 3. The van der Waals surface area contributed by atoms with Crippen molar-refractivity contribution in [1.82, 2.24) is 14.7 Å². The Morgan fingerprint density at radius 3 is 2.50 bits per heavy atom. The molecule has 1 aromatic rings. The fraction of sp³-hybridized carbons (Fsp3) is 0.619. The van der Waals surface area contributed by atoms with E-state index in [0.717, 1.165) is 62.5 Å². The molecule has 3 fully saturated rings. The van der Waals surface area contributed by atoms with Crippen molar-refractivity contribution in [3.8, 4) is 11.5 Å². The zero-order valence-corrected chi connectivity index (χ0v) is 16.9. The van der Waals surface area contributed by atoms with Crippen molar-refractivity contribution in [2.24, 2.45) is 5.41 Å². The number of para-hydroxylation sites is 1. The van der Waals surface area contributed by atoms with Gasteiger partial charge in [-0.25, -0.2) is 4.79 Å². The number of carbonyl (C=O) groups excluding carboxylic acids is 2. The van der Waals surface area contributed by atoms with Gasteiger partial charge in [0.2, 0.25) is 0 Å². The number of piperidine rings is 1. The van der Waals surface area contributed by atoms with Crippen LogP contribution in [0.3, 0.4) is 0 Å². The molecule has 7 heteroatoms. The average molecular weight is 387 g/mol. The molecule has 0 saturated carbocycles. The third-order valence-electron chi connectivity index (χ3n) is 6.65. The van der Waals surface area contributed by atoms with Crippen LogP contribution in [0.5, 0.6) is 11.5 Å². The summed E-state index contributed by atoms with van der Waals surface area (Å²) in [5.41, 5.74) is 1.21. The minimum Gasteiger partial charge on any atom is -0.493 e. The highest BCUT2D eigenvalue weighted by molar-refractivity contribution is 6.04. The summed E-state index contributed by atoms with van der Waals surface area (Å²) in [6.45, 7) is 5.77. The lowest BCUT2D eigenvalue weighted by Crippen LogP contribution is -2.43. The lowest BCUT2D eigenvalue weighted by atomic mass is 9.76. The monoisotopic (exact) mass is 387 g/mol. The first-order chi connectivity index (χ1) is 13.5. The predicted molar refractivity (Wildman–Crippen MR) is 104 cm³/mol. The third kappa shape index (κ3) is 3.02. The number of amides is 3. The van der Waals surface area contributed by atoms with Crippen molar-refractivity contribution >= 4 is 11.9 Å². The number of hydrogen-bond acceptors (Lipinski definition) is 5. The number of fused-ring (bicyclic) bond motifs is 1. The van der Waals surface area contributed by atoms with E-state index in [1.54, 1.807) is 14.2 Å². The van der Waals surface area contributed by atoms with E-state index in [1.165, 1.54) is 4.90 Å². The molecule has 3 heterocycles. The molecule has 3 saturated heterocycles. The van der Waals surface area contributed by atoms with Gasteiger partial charge in [0.15, 0.2) is 11.5 Å². The molecule has 28 heavy (non-hydrogen) atoms. The zero-order valence-electron chi connectivity index (χ0n) is 16.9. The molecule has 1 aromatic carbocycles. The van der Waals surface area contributed by atoms with E-state index in [9.17, 15) is 9.59 Å². The Bertz CT molecular complexity index is 747. The molecule has 0 aliphatic carbocycles. The van der Waals surface area contributed by atoms with Crippen LogP contribution in [-0.2, 0) is 11.3 Å². The van der Waals surface area contributed by atoms with Gasteiger partial charge in [-0.3, -0.25) is 14.6 Å². The third-order valence-corrected chi connectivity index (χ3v) is 6.65. The van der Waals surface area contributed by atoms with Crippen molar-refractivity contribution in [1.29, 1.82) is 0 Å². The molecule has 4 rings (SSSR count). The molecule has 0 N–H and O–H groups in total. The number of hydrogen-bond donors (Lipinski definition) is 0. The largest absolute Gasteiger partial charge is 0.493 e. The van der Waals surface area contributed by atoms with Crippen molar-refractivity contribution in [3.63, 3.8) is 0 Å². The van der Waals surface area contributed by atoms with Gasteiger partial charge < -0.3 is 14.4 Å². The Morgan fingerprint density at radius 1 is 1.14 bits per heavy atom. The minimum absolute atomic E-state index is 0.00655. The molecular formula is C21H29N3O4. The number of urea groups is 1. The number of methoxy groups -OCH3 is 2. The summed E-state index contributed by atoms with van der Waals surface area (Å²) in [6.07, 6.45) is 2.84. The van der Waals surface area contributed by atoms with Crippen LogP contribution in [0.1, 0.15) is 31.7 Å². The van der Waals surface area contributed by atoms with Crippen molar-refractivity contribution < 1.29 is 19.1 Å². The molecule has 1 unspecified atom stereocenters. The van der Waals surface area contributed by atoms with Gasteiger partial charge in [-0.15, -0.1) is 0 Å². The fourth-order valence-corrected chi connectivity index (χ4v) is 5.07. The maximum absolute atomic E-state index is 12.5. The highest BCUT2D eigenvalue weighted by Gasteiger charge is 2.55. The Morgan fingerprint density at radius 2 is 1.89 bits per heavy atom. The summed E-state index contributed by atoms with van der Waals surface area (Å²) in [5.74, 6) is 1.54. The van der Waals surface area contributed by atoms with Gasteiger partial charge in [0.05, 0.1) is 14.2 Å². The van der Waals surface area contributed by atoms with E-state index in [4.69, 9.17) is 9.47 Å². The smallest absolute Gasteiger partial charge is 0.327 e. The number of rotatable bonds is 5. The molecule has 0 bridgehead atoms. The first-order valence-corrected chi connectivity index (χ1v) is 10.1. The highest BCUT2D eigenvalue weighted by Crippen LogP contribution is 2.46. The number of benzene rings is 1. The van der Waals surface area contributed by atoms with E-state index >= 15 is 0 Å². The van der Waals surface area contributed by atoms with Gasteiger partial charge in [-0.1, -0.05) is 12.1 Å². The molecule has 1 atom stereocenters. The summed E-state index contributed by atoms with van der Waals surface area (Å²) in [6, 6.07) is 5.64. The van der Waals surface area contributed by atoms with Crippen LogP contribution in [0, 0.1) is 5.41 Å². The fourth-order valence-electron chi connectivity index (χ4n) is 5.07. The van der Waals surface area contributed by atoms with E-state index in [0.29, 0.717) is 6.54 Å². The molecule has 7 nitrogen and oxygen atoms in total. The topological polar surface area (TPSA) is 62.3 Å². The van der Waals surface area contributed by atoms with Crippen LogP contribution in [-0.4, -0.2) is 73.1 Å². The van der Waals surface area contributed by atoms with Crippen molar-refractivity contribution in [3.05, 3.63) is 23.8 Å². The van der Waals surface area contributed by atoms with Crippen LogP contribution < -0.4 is 9.47 Å². The highest BCUT2D eigenvalue weighted by atomic mass is 16.5. The molecule has 3 aliphatic heterocycles. The summed E-state index contributed by atoms with van der Waals surface area (Å²) in [5, 5.41) is 0. The number of carbonyl (C=O) groups is 2. The molecular weight excluding hydrogens is 358 g/mol. The second-order valence-electron chi connectivity index (χ2n) is 8.14. The normalized spacial score (nSPS) is 24.2. The number of ether oxygens (including phenoxy) is 2. The summed E-state index contributed by atoms with van der Waals surface area (Å²) < 4.78 is 11.0. The Balaban J connectivity index is 1.40. The van der Waals surface area contributed by atoms with Crippen molar-refractivity contribution in [2.45, 2.75) is 38.8 Å². The number of imide groups is 1. The van der Waals surface area contributed by atoms with E-state index in [1.807, 2.05) is 24.0 Å². The van der Waals surface area contributed by atoms with E-state index in [2.05, 4.69) is 11.0 Å². The Labute approximate surface area is 166 Å². The molecule has 3 aliphatic rings. The van der Waals surface area contributed by atoms with Crippen LogP contribution in [0.25, 0.3) is 0 Å². The van der Waals surface area contributed by atoms with Gasteiger partial charge in [0.1, 0.15) is 6.04 Å². The first-order valence-electron chi connectivity index (χ1n) is 10.1. The quantitative estimate of drug-likeness (QED) is 0.726. The maximum Gasteiger partial charge on any atom is 0.327 e. The standard InChI is InChI=1S/C21H29N3O4/c1-4-23-19(25)16-12-21(14-24(16)20(23)26)8-10-22(11-9-21)13-15-6-5-7-17(27-2)18(15)28-3/h5-7,16H,4,8-14H2,1-3H3. The lowest BCUT2D eigenvalue weighted by Gasteiger charge is -2.39. The summed E-state index contributed by atoms with van der Waals surface area (Å²) in [7, 11) is 3.33. The second-order valence-corrected chi connectivity index (χ2v) is 8.14. The Hall–Kier alpha value is -2.28. The minimum atomic E-state index is -0.238. The lowest BCUT2D eigenvalue weighted by molar-refractivity contribution is -0.128. The molecule has 1 spiro atoms. The molecule has 3 amide bonds. The zero-order chi connectivity index (χ0) is 19.9. The molecule has 0 radical (unpaired) electrons. The van der Waals surface area contributed by atoms with Crippen LogP contribution >= 0.6 is 0 Å².